The van der Waals surface area contributed by atoms with Crippen LogP contribution in [0.5, 0.6) is 5.75 Å². The number of ether oxygens (including phenoxy) is 2. The summed E-state index contributed by atoms with van der Waals surface area (Å²) in [4.78, 5) is 37.4. The fraction of sp³-hybridized carbons (Fsp3) is 0.312. The smallest absolute Gasteiger partial charge is 0.329 e. The first-order valence-electron chi connectivity index (χ1n) is 7.05. The zero-order chi connectivity index (χ0) is 17.0. The molecule has 0 bridgehead atoms. The second-order valence-corrected chi connectivity index (χ2v) is 5.75. The van der Waals surface area contributed by atoms with Gasteiger partial charge in [-0.2, -0.15) is 0 Å². The third kappa shape index (κ3) is 3.73. The summed E-state index contributed by atoms with van der Waals surface area (Å²) in [6.45, 7) is 3.34. The average Bonchev–Trinajstić information content (AvgIpc) is 2.81. The molecule has 1 unspecified atom stereocenters. The topological polar surface area (TPSA) is 72.9 Å². The molecule has 0 aliphatic carbocycles. The van der Waals surface area contributed by atoms with Crippen molar-refractivity contribution in [3.8, 4) is 5.75 Å². The van der Waals surface area contributed by atoms with E-state index in [1.165, 1.54) is 6.92 Å². The number of esters is 1. The number of carbonyl (C=O) groups is 3. The summed E-state index contributed by atoms with van der Waals surface area (Å²) in [5.41, 5.74) is 0.735. The summed E-state index contributed by atoms with van der Waals surface area (Å²) < 4.78 is 9.99. The summed E-state index contributed by atoms with van der Waals surface area (Å²) in [5, 5.41) is -0.482. The molecule has 1 aliphatic rings. The number of hydrogen-bond acceptors (Lipinski definition) is 6. The normalized spacial score (nSPS) is 17.5. The Bertz CT molecular complexity index is 670. The largest absolute Gasteiger partial charge is 0.497 e. The maximum absolute atomic E-state index is 12.4. The number of benzene rings is 1. The van der Waals surface area contributed by atoms with Gasteiger partial charge < -0.3 is 9.47 Å². The molecule has 6 nitrogen and oxygen atoms in total. The molecule has 1 aromatic carbocycles. The van der Waals surface area contributed by atoms with Crippen LogP contribution in [0.3, 0.4) is 0 Å². The van der Waals surface area contributed by atoms with Crippen LogP contribution in [-0.4, -0.2) is 41.8 Å². The standard InChI is InChI=1S/C16H17NO5S/c1-4-22-15(19)10(2)17-14(18)13(23-16(17)20)9-11-6-5-7-12(8-11)21-3/h5-10H,4H2,1-3H3/b13-9+. The first-order chi connectivity index (χ1) is 11.0. The Morgan fingerprint density at radius 3 is 2.78 bits per heavy atom. The Balaban J connectivity index is 2.23. The molecule has 1 fully saturated rings. The Morgan fingerprint density at radius 2 is 2.13 bits per heavy atom. The van der Waals surface area contributed by atoms with Gasteiger partial charge in [-0.3, -0.25) is 14.5 Å². The molecule has 0 radical (unpaired) electrons. The van der Waals surface area contributed by atoms with Gasteiger partial charge in [-0.05, 0) is 49.4 Å². The lowest BCUT2D eigenvalue weighted by molar-refractivity contribution is -0.150. The molecular weight excluding hydrogens is 318 g/mol. The molecule has 0 spiro atoms. The van der Waals surface area contributed by atoms with Gasteiger partial charge in [0.1, 0.15) is 11.8 Å². The second kappa shape index (κ2) is 7.32. The van der Waals surface area contributed by atoms with Crippen molar-refractivity contribution in [3.63, 3.8) is 0 Å². The minimum atomic E-state index is -0.946. The lowest BCUT2D eigenvalue weighted by atomic mass is 10.2. The van der Waals surface area contributed by atoms with Crippen molar-refractivity contribution in [3.05, 3.63) is 34.7 Å². The van der Waals surface area contributed by atoms with E-state index in [-0.39, 0.29) is 11.5 Å². The van der Waals surface area contributed by atoms with E-state index >= 15 is 0 Å². The van der Waals surface area contributed by atoms with Gasteiger partial charge in [0.15, 0.2) is 0 Å². The van der Waals surface area contributed by atoms with Gasteiger partial charge in [-0.1, -0.05) is 12.1 Å². The highest BCUT2D eigenvalue weighted by molar-refractivity contribution is 8.18. The van der Waals surface area contributed by atoms with Crippen LogP contribution in [0.25, 0.3) is 6.08 Å². The predicted molar refractivity (Wildman–Crippen MR) is 86.9 cm³/mol. The molecule has 2 amide bonds. The third-order valence-corrected chi connectivity index (χ3v) is 4.11. The number of amides is 2. The van der Waals surface area contributed by atoms with Crippen molar-refractivity contribution in [1.29, 1.82) is 0 Å². The van der Waals surface area contributed by atoms with Crippen LogP contribution in [0.1, 0.15) is 19.4 Å². The molecule has 1 aromatic rings. The number of nitrogens with zero attached hydrogens (tertiary/aromatic N) is 1. The molecule has 1 saturated heterocycles. The summed E-state index contributed by atoms with van der Waals surface area (Å²) in [7, 11) is 1.55. The Morgan fingerprint density at radius 1 is 1.39 bits per heavy atom. The van der Waals surface area contributed by atoms with Gasteiger partial charge in [0.05, 0.1) is 18.6 Å². The molecule has 1 heterocycles. The molecule has 7 heteroatoms. The molecule has 1 atom stereocenters. The fourth-order valence-corrected chi connectivity index (χ4v) is 2.97. The number of thioether (sulfide) groups is 1. The zero-order valence-electron chi connectivity index (χ0n) is 13.1. The van der Waals surface area contributed by atoms with Gasteiger partial charge in [0, 0.05) is 0 Å². The van der Waals surface area contributed by atoms with Crippen molar-refractivity contribution >= 4 is 35.0 Å². The Hall–Kier alpha value is -2.28. The van der Waals surface area contributed by atoms with E-state index in [2.05, 4.69) is 0 Å². The van der Waals surface area contributed by atoms with Crippen molar-refractivity contribution < 1.29 is 23.9 Å². The molecule has 1 aliphatic heterocycles. The van der Waals surface area contributed by atoms with Gasteiger partial charge in [-0.15, -0.1) is 0 Å². The summed E-state index contributed by atoms with van der Waals surface area (Å²) in [6.07, 6.45) is 1.60. The summed E-state index contributed by atoms with van der Waals surface area (Å²) in [6, 6.07) is 6.18. The molecule has 0 saturated carbocycles. The van der Waals surface area contributed by atoms with Crippen LogP contribution in [-0.2, 0) is 14.3 Å². The van der Waals surface area contributed by atoms with E-state index in [1.54, 1.807) is 44.4 Å². The Labute approximate surface area is 138 Å². The van der Waals surface area contributed by atoms with Crippen molar-refractivity contribution in [2.24, 2.45) is 0 Å². The SMILES string of the molecule is CCOC(=O)C(C)N1C(=O)S/C(=C/c2cccc(OC)c2)C1=O. The summed E-state index contributed by atoms with van der Waals surface area (Å²) in [5.74, 6) is -0.446. The first-order valence-corrected chi connectivity index (χ1v) is 7.87. The average molecular weight is 335 g/mol. The van der Waals surface area contributed by atoms with Gasteiger partial charge in [0.25, 0.3) is 11.1 Å². The van der Waals surface area contributed by atoms with Crippen molar-refractivity contribution in [1.82, 2.24) is 4.90 Å². The number of carbonyl (C=O) groups excluding carboxylic acids is 3. The van der Waals surface area contributed by atoms with E-state index in [4.69, 9.17) is 9.47 Å². The highest BCUT2D eigenvalue weighted by Crippen LogP contribution is 2.34. The van der Waals surface area contributed by atoms with Crippen molar-refractivity contribution in [2.45, 2.75) is 19.9 Å². The molecule has 2 rings (SSSR count). The number of methoxy groups -OCH3 is 1. The van der Waals surface area contributed by atoms with Crippen molar-refractivity contribution in [2.75, 3.05) is 13.7 Å². The predicted octanol–water partition coefficient (Wildman–Crippen LogP) is 2.68. The maximum Gasteiger partial charge on any atom is 0.329 e. The minimum Gasteiger partial charge on any atom is -0.497 e. The minimum absolute atomic E-state index is 0.193. The third-order valence-electron chi connectivity index (χ3n) is 3.23. The lowest BCUT2D eigenvalue weighted by Gasteiger charge is -2.19. The maximum atomic E-state index is 12.4. The monoisotopic (exact) mass is 335 g/mol. The highest BCUT2D eigenvalue weighted by Gasteiger charge is 2.41. The first kappa shape index (κ1) is 17.1. The molecule has 0 aromatic heterocycles. The van der Waals surface area contributed by atoms with E-state index < -0.39 is 23.2 Å². The van der Waals surface area contributed by atoms with Gasteiger partial charge in [0.2, 0.25) is 0 Å². The van der Waals surface area contributed by atoms with Crippen LogP contribution < -0.4 is 4.74 Å². The molecule has 122 valence electrons. The van der Waals surface area contributed by atoms with Crippen LogP contribution in [0.2, 0.25) is 0 Å². The fourth-order valence-electron chi connectivity index (χ4n) is 2.06. The van der Waals surface area contributed by atoms with Crippen LogP contribution in [0, 0.1) is 0 Å². The van der Waals surface area contributed by atoms with Crippen LogP contribution in [0.15, 0.2) is 29.2 Å². The van der Waals surface area contributed by atoms with E-state index in [0.717, 1.165) is 22.2 Å². The van der Waals surface area contributed by atoms with E-state index in [0.29, 0.717) is 5.75 Å². The molecule has 0 N–H and O–H groups in total. The quantitative estimate of drug-likeness (QED) is 0.608. The number of imide groups is 1. The van der Waals surface area contributed by atoms with Crippen LogP contribution >= 0.6 is 11.8 Å². The zero-order valence-corrected chi connectivity index (χ0v) is 13.9. The summed E-state index contributed by atoms with van der Waals surface area (Å²) >= 11 is 0.804. The Kier molecular flexibility index (Phi) is 5.44. The van der Waals surface area contributed by atoms with E-state index in [9.17, 15) is 14.4 Å². The number of hydrogen-bond donors (Lipinski definition) is 0. The number of rotatable bonds is 5. The van der Waals surface area contributed by atoms with Crippen LogP contribution in [0.4, 0.5) is 4.79 Å². The second-order valence-electron chi connectivity index (χ2n) is 4.76. The molecular formula is C16H17NO5S. The van der Waals surface area contributed by atoms with E-state index in [1.807, 2.05) is 0 Å². The van der Waals surface area contributed by atoms with Gasteiger partial charge >= 0.3 is 5.97 Å². The lowest BCUT2D eigenvalue weighted by Crippen LogP contribution is -2.42. The molecule has 23 heavy (non-hydrogen) atoms. The van der Waals surface area contributed by atoms with Gasteiger partial charge in [-0.25, -0.2) is 4.79 Å². The highest BCUT2D eigenvalue weighted by atomic mass is 32.2.